The molecule has 2 aromatic rings. The summed E-state index contributed by atoms with van der Waals surface area (Å²) in [7, 11) is 4.66. The second-order valence-electron chi connectivity index (χ2n) is 5.29. The highest BCUT2D eigenvalue weighted by atomic mass is 79.9. The van der Waals surface area contributed by atoms with Crippen LogP contribution >= 0.6 is 15.9 Å². The number of esters is 1. The fraction of sp³-hybridized carbons (Fsp3) is 0.158. The molecule has 3 rings (SSSR count). The molecule has 0 N–H and O–H groups in total. The standard InChI is InChI=1S/C19H16BrNO5/c1-23-13-6-4-11(17(10-13)25-3)8-15-19(22)26-18(21-15)14-9-12(20)5-7-16(14)24-2/h4-10H,1-3H3/b15-8+. The van der Waals surface area contributed by atoms with E-state index in [4.69, 9.17) is 18.9 Å². The Morgan fingerprint density at radius 1 is 1.00 bits per heavy atom. The lowest BCUT2D eigenvalue weighted by Gasteiger charge is -2.07. The maximum Gasteiger partial charge on any atom is 0.363 e. The van der Waals surface area contributed by atoms with Gasteiger partial charge in [0.1, 0.15) is 17.2 Å². The molecule has 1 aliphatic rings. The van der Waals surface area contributed by atoms with E-state index in [1.807, 2.05) is 6.07 Å². The average molecular weight is 418 g/mol. The quantitative estimate of drug-likeness (QED) is 0.546. The van der Waals surface area contributed by atoms with Gasteiger partial charge in [-0.05, 0) is 36.4 Å². The third kappa shape index (κ3) is 3.57. The molecule has 0 aromatic heterocycles. The first-order valence-corrected chi connectivity index (χ1v) is 8.43. The largest absolute Gasteiger partial charge is 0.497 e. The van der Waals surface area contributed by atoms with Gasteiger partial charge in [-0.15, -0.1) is 0 Å². The summed E-state index contributed by atoms with van der Waals surface area (Å²) >= 11 is 3.40. The van der Waals surface area contributed by atoms with E-state index in [-0.39, 0.29) is 11.6 Å². The van der Waals surface area contributed by atoms with Crippen molar-refractivity contribution in [3.05, 3.63) is 57.7 Å². The lowest BCUT2D eigenvalue weighted by Crippen LogP contribution is -2.07. The maximum atomic E-state index is 12.2. The summed E-state index contributed by atoms with van der Waals surface area (Å²) in [6, 6.07) is 10.7. The van der Waals surface area contributed by atoms with Crippen molar-refractivity contribution in [2.75, 3.05) is 21.3 Å². The molecule has 134 valence electrons. The highest BCUT2D eigenvalue weighted by Gasteiger charge is 2.27. The Hall–Kier alpha value is -2.80. The van der Waals surface area contributed by atoms with Crippen molar-refractivity contribution in [1.29, 1.82) is 0 Å². The molecule has 0 spiro atoms. The van der Waals surface area contributed by atoms with Crippen LogP contribution in [-0.4, -0.2) is 33.2 Å². The third-order valence-corrected chi connectivity index (χ3v) is 4.24. The number of hydrogen-bond donors (Lipinski definition) is 0. The molecule has 0 saturated carbocycles. The van der Waals surface area contributed by atoms with E-state index < -0.39 is 5.97 Å². The molecule has 7 heteroatoms. The van der Waals surface area contributed by atoms with Crippen LogP contribution in [0.4, 0.5) is 0 Å². The smallest absolute Gasteiger partial charge is 0.363 e. The van der Waals surface area contributed by atoms with Gasteiger partial charge in [0.25, 0.3) is 0 Å². The van der Waals surface area contributed by atoms with Gasteiger partial charge in [0.2, 0.25) is 5.90 Å². The first-order valence-electron chi connectivity index (χ1n) is 7.64. The SMILES string of the molecule is COc1ccc(/C=C2/N=C(c3cc(Br)ccc3OC)OC2=O)c(OC)c1. The number of carbonyl (C=O) groups excluding carboxylic acids is 1. The third-order valence-electron chi connectivity index (χ3n) is 3.75. The fourth-order valence-corrected chi connectivity index (χ4v) is 2.82. The molecule has 1 aliphatic heterocycles. The summed E-state index contributed by atoms with van der Waals surface area (Å²) in [5, 5.41) is 0. The Balaban J connectivity index is 2.01. The van der Waals surface area contributed by atoms with Gasteiger partial charge in [-0.25, -0.2) is 9.79 Å². The van der Waals surface area contributed by atoms with Gasteiger partial charge < -0.3 is 18.9 Å². The molecular weight excluding hydrogens is 402 g/mol. The lowest BCUT2D eigenvalue weighted by molar-refractivity contribution is -0.129. The number of carbonyl (C=O) groups is 1. The number of benzene rings is 2. The normalized spacial score (nSPS) is 14.8. The van der Waals surface area contributed by atoms with Crippen molar-refractivity contribution in [2.45, 2.75) is 0 Å². The summed E-state index contributed by atoms with van der Waals surface area (Å²) in [6.45, 7) is 0. The van der Waals surface area contributed by atoms with Crippen LogP contribution in [0.2, 0.25) is 0 Å². The minimum absolute atomic E-state index is 0.172. The molecular formula is C19H16BrNO5. The molecule has 0 saturated heterocycles. The van der Waals surface area contributed by atoms with Gasteiger partial charge in [-0.3, -0.25) is 0 Å². The number of methoxy groups -OCH3 is 3. The number of aliphatic imine (C=N–C) groups is 1. The van der Waals surface area contributed by atoms with Crippen LogP contribution in [0.25, 0.3) is 6.08 Å². The molecule has 0 aliphatic carbocycles. The minimum Gasteiger partial charge on any atom is -0.497 e. The fourth-order valence-electron chi connectivity index (χ4n) is 2.46. The topological polar surface area (TPSA) is 66.3 Å². The summed E-state index contributed by atoms with van der Waals surface area (Å²) < 4.78 is 22.0. The highest BCUT2D eigenvalue weighted by molar-refractivity contribution is 9.10. The number of nitrogens with zero attached hydrogens (tertiary/aromatic N) is 1. The first kappa shape index (κ1) is 18.0. The molecule has 0 atom stereocenters. The number of halogens is 1. The molecule has 6 nitrogen and oxygen atoms in total. The van der Waals surface area contributed by atoms with E-state index in [0.717, 1.165) is 4.47 Å². The molecule has 0 unspecified atom stereocenters. The average Bonchev–Trinajstić information content (AvgIpc) is 3.02. The van der Waals surface area contributed by atoms with Crippen LogP contribution in [0, 0.1) is 0 Å². The summed E-state index contributed by atoms with van der Waals surface area (Å²) in [5.41, 5.74) is 1.44. The van der Waals surface area contributed by atoms with Crippen molar-refractivity contribution in [1.82, 2.24) is 0 Å². The van der Waals surface area contributed by atoms with Crippen molar-refractivity contribution < 1.29 is 23.7 Å². The van der Waals surface area contributed by atoms with Crippen LogP contribution in [0.3, 0.4) is 0 Å². The van der Waals surface area contributed by atoms with Gasteiger partial charge in [-0.2, -0.15) is 0 Å². The summed E-state index contributed by atoms with van der Waals surface area (Å²) in [5.74, 6) is 1.42. The van der Waals surface area contributed by atoms with E-state index in [1.165, 1.54) is 0 Å². The first-order chi connectivity index (χ1) is 12.5. The second kappa shape index (κ2) is 7.61. The molecule has 2 aromatic carbocycles. The maximum absolute atomic E-state index is 12.2. The van der Waals surface area contributed by atoms with Crippen molar-refractivity contribution in [3.8, 4) is 17.2 Å². The lowest BCUT2D eigenvalue weighted by atomic mass is 10.1. The molecule has 0 radical (unpaired) electrons. The van der Waals surface area contributed by atoms with E-state index in [9.17, 15) is 4.79 Å². The number of rotatable bonds is 5. The molecule has 1 heterocycles. The summed E-state index contributed by atoms with van der Waals surface area (Å²) in [4.78, 5) is 16.6. The van der Waals surface area contributed by atoms with E-state index in [2.05, 4.69) is 20.9 Å². The second-order valence-corrected chi connectivity index (χ2v) is 6.20. The number of cyclic esters (lactones) is 1. The van der Waals surface area contributed by atoms with Gasteiger partial charge in [0, 0.05) is 16.1 Å². The van der Waals surface area contributed by atoms with Crippen LogP contribution in [0.5, 0.6) is 17.2 Å². The van der Waals surface area contributed by atoms with E-state index in [1.54, 1.807) is 57.7 Å². The van der Waals surface area contributed by atoms with Crippen LogP contribution in [0.1, 0.15) is 11.1 Å². The number of ether oxygens (including phenoxy) is 4. The zero-order chi connectivity index (χ0) is 18.7. The van der Waals surface area contributed by atoms with Gasteiger partial charge in [0.05, 0.1) is 26.9 Å². The zero-order valence-electron chi connectivity index (χ0n) is 14.4. The molecule has 0 bridgehead atoms. The zero-order valence-corrected chi connectivity index (χ0v) is 16.0. The number of hydrogen-bond acceptors (Lipinski definition) is 6. The minimum atomic E-state index is -0.542. The van der Waals surface area contributed by atoms with Gasteiger partial charge >= 0.3 is 5.97 Å². The Bertz CT molecular complexity index is 920. The van der Waals surface area contributed by atoms with Crippen molar-refractivity contribution in [3.63, 3.8) is 0 Å². The molecule has 26 heavy (non-hydrogen) atoms. The Morgan fingerprint density at radius 3 is 2.46 bits per heavy atom. The predicted octanol–water partition coefficient (Wildman–Crippen LogP) is 3.82. The Labute approximate surface area is 159 Å². The predicted molar refractivity (Wildman–Crippen MR) is 101 cm³/mol. The van der Waals surface area contributed by atoms with E-state index >= 15 is 0 Å². The van der Waals surface area contributed by atoms with Crippen molar-refractivity contribution >= 4 is 33.9 Å². The summed E-state index contributed by atoms with van der Waals surface area (Å²) in [6.07, 6.45) is 1.61. The Morgan fingerprint density at radius 2 is 1.77 bits per heavy atom. The monoisotopic (exact) mass is 417 g/mol. The van der Waals surface area contributed by atoms with Crippen molar-refractivity contribution in [2.24, 2.45) is 4.99 Å². The molecule has 0 amide bonds. The van der Waals surface area contributed by atoms with Gasteiger partial charge in [-0.1, -0.05) is 15.9 Å². The van der Waals surface area contributed by atoms with Gasteiger partial charge in [0.15, 0.2) is 5.70 Å². The van der Waals surface area contributed by atoms with Crippen LogP contribution < -0.4 is 14.2 Å². The highest BCUT2D eigenvalue weighted by Crippen LogP contribution is 2.30. The van der Waals surface area contributed by atoms with Crippen LogP contribution in [-0.2, 0) is 9.53 Å². The van der Waals surface area contributed by atoms with Crippen LogP contribution in [0.15, 0.2) is 51.6 Å². The van der Waals surface area contributed by atoms with E-state index in [0.29, 0.717) is 28.4 Å². The Kier molecular flexibility index (Phi) is 5.27. The molecule has 0 fully saturated rings.